The molecule has 102 valence electrons. The molecule has 5 N–H and O–H groups in total. The molecule has 0 saturated carbocycles. The molecule has 1 fully saturated rings. The van der Waals surface area contributed by atoms with Crippen LogP contribution in [0.3, 0.4) is 0 Å². The third-order valence-corrected chi connectivity index (χ3v) is 3.33. The summed E-state index contributed by atoms with van der Waals surface area (Å²) in [6.07, 6.45) is -0.975. The lowest BCUT2D eigenvalue weighted by atomic mass is 10.1. The quantitative estimate of drug-likeness (QED) is 0.528. The molecule has 2 unspecified atom stereocenters. The van der Waals surface area contributed by atoms with E-state index in [9.17, 15) is 10.2 Å². The third-order valence-electron chi connectivity index (χ3n) is 3.33. The van der Waals surface area contributed by atoms with Crippen molar-refractivity contribution in [3.8, 4) is 0 Å². The Bertz CT molecular complexity index is 601. The molecule has 0 bridgehead atoms. The molecule has 0 aliphatic carbocycles. The normalized spacial score (nSPS) is 31.1. The average Bonchev–Trinajstić information content (AvgIpc) is 2.94. The van der Waals surface area contributed by atoms with Crippen molar-refractivity contribution >= 4 is 16.9 Å². The number of nitrogens with zero attached hydrogens (tertiary/aromatic N) is 3. The van der Waals surface area contributed by atoms with Gasteiger partial charge < -0.3 is 30.4 Å². The molecule has 2 aromatic rings. The van der Waals surface area contributed by atoms with E-state index in [-0.39, 0.29) is 6.61 Å². The van der Waals surface area contributed by atoms with E-state index in [4.69, 9.17) is 15.6 Å². The zero-order valence-electron chi connectivity index (χ0n) is 9.92. The van der Waals surface area contributed by atoms with Gasteiger partial charge in [-0.2, -0.15) is 0 Å². The Labute approximate surface area is 108 Å². The second-order valence-electron chi connectivity index (χ2n) is 4.45. The largest absolute Gasteiger partial charge is 0.394 e. The number of anilines is 1. The van der Waals surface area contributed by atoms with Gasteiger partial charge in [0, 0.05) is 6.20 Å². The fourth-order valence-electron chi connectivity index (χ4n) is 2.31. The first kappa shape index (κ1) is 12.3. The van der Waals surface area contributed by atoms with Crippen LogP contribution in [0, 0.1) is 0 Å². The van der Waals surface area contributed by atoms with Gasteiger partial charge >= 0.3 is 0 Å². The topological polar surface area (TPSA) is 127 Å². The number of aliphatic hydroxyl groups is 3. The maximum Gasteiger partial charge on any atom is 0.164 e. The van der Waals surface area contributed by atoms with Crippen molar-refractivity contribution < 1.29 is 20.1 Å². The van der Waals surface area contributed by atoms with E-state index in [0.29, 0.717) is 16.9 Å². The van der Waals surface area contributed by atoms with E-state index >= 15 is 0 Å². The minimum atomic E-state index is -1.15. The molecule has 3 rings (SSSR count). The van der Waals surface area contributed by atoms with E-state index in [2.05, 4.69) is 9.97 Å². The van der Waals surface area contributed by atoms with Crippen LogP contribution in [0.15, 0.2) is 18.6 Å². The first-order valence-corrected chi connectivity index (χ1v) is 5.83. The highest BCUT2D eigenvalue weighted by molar-refractivity contribution is 5.86. The number of aromatic nitrogens is 3. The Hall–Kier alpha value is -1.74. The summed E-state index contributed by atoms with van der Waals surface area (Å²) in [6.45, 7) is -0.370. The van der Waals surface area contributed by atoms with Crippen LogP contribution in [-0.2, 0) is 4.74 Å². The van der Waals surface area contributed by atoms with Crippen LogP contribution in [-0.4, -0.2) is 54.8 Å². The maximum atomic E-state index is 9.98. The van der Waals surface area contributed by atoms with Gasteiger partial charge in [0.15, 0.2) is 6.23 Å². The molecule has 2 aromatic heterocycles. The number of aliphatic hydroxyl groups excluding tert-OH is 3. The second-order valence-corrected chi connectivity index (χ2v) is 4.45. The summed E-state index contributed by atoms with van der Waals surface area (Å²) < 4.78 is 7.01. The van der Waals surface area contributed by atoms with Crippen molar-refractivity contribution in [1.29, 1.82) is 0 Å². The monoisotopic (exact) mass is 266 g/mol. The highest BCUT2D eigenvalue weighted by atomic mass is 16.6. The molecular weight excluding hydrogens is 252 g/mol. The fourth-order valence-corrected chi connectivity index (χ4v) is 2.31. The molecule has 0 aromatic carbocycles. The lowest BCUT2D eigenvalue weighted by Crippen LogP contribution is -2.33. The second kappa shape index (κ2) is 4.42. The van der Waals surface area contributed by atoms with Crippen molar-refractivity contribution in [1.82, 2.24) is 14.5 Å². The summed E-state index contributed by atoms with van der Waals surface area (Å²) in [6, 6.07) is 1.71. The number of ether oxygens (including phenoxy) is 1. The summed E-state index contributed by atoms with van der Waals surface area (Å²) in [5, 5.41) is 29.4. The van der Waals surface area contributed by atoms with E-state index in [1.807, 2.05) is 0 Å². The molecule has 0 amide bonds. The minimum Gasteiger partial charge on any atom is -0.394 e. The molecule has 8 nitrogen and oxygen atoms in total. The smallest absolute Gasteiger partial charge is 0.164 e. The van der Waals surface area contributed by atoms with Gasteiger partial charge in [0.25, 0.3) is 0 Å². The molecule has 1 aliphatic heterocycles. The van der Waals surface area contributed by atoms with Gasteiger partial charge in [-0.25, -0.2) is 9.97 Å². The first-order chi connectivity index (χ1) is 9.13. The van der Waals surface area contributed by atoms with Crippen molar-refractivity contribution in [2.24, 2.45) is 0 Å². The molecule has 3 heterocycles. The zero-order valence-corrected chi connectivity index (χ0v) is 9.92. The van der Waals surface area contributed by atoms with Gasteiger partial charge in [-0.15, -0.1) is 0 Å². The average molecular weight is 266 g/mol. The maximum absolute atomic E-state index is 9.98. The van der Waals surface area contributed by atoms with Crippen LogP contribution in [0.2, 0.25) is 0 Å². The van der Waals surface area contributed by atoms with E-state index in [1.54, 1.807) is 16.8 Å². The summed E-state index contributed by atoms with van der Waals surface area (Å²) >= 11 is 0. The van der Waals surface area contributed by atoms with Crippen LogP contribution in [0.1, 0.15) is 6.23 Å². The first-order valence-electron chi connectivity index (χ1n) is 5.83. The van der Waals surface area contributed by atoms with Crippen LogP contribution >= 0.6 is 0 Å². The van der Waals surface area contributed by atoms with Crippen molar-refractivity contribution in [2.75, 3.05) is 12.3 Å². The molecule has 8 heteroatoms. The molecule has 1 saturated heterocycles. The third kappa shape index (κ3) is 1.77. The minimum absolute atomic E-state index is 0.329. The SMILES string of the molecule is Nc1ncnc2c1ccn2[C@@H]1O[C@H](CO)C(O)C1O. The van der Waals surface area contributed by atoms with Crippen LogP contribution in [0.4, 0.5) is 5.82 Å². The van der Waals surface area contributed by atoms with E-state index in [0.717, 1.165) is 0 Å². The lowest BCUT2D eigenvalue weighted by molar-refractivity contribution is -0.0508. The zero-order chi connectivity index (χ0) is 13.6. The van der Waals surface area contributed by atoms with E-state index < -0.39 is 24.5 Å². The van der Waals surface area contributed by atoms with Gasteiger partial charge in [0.1, 0.15) is 36.1 Å². The Balaban J connectivity index is 2.04. The van der Waals surface area contributed by atoms with Crippen molar-refractivity contribution in [3.63, 3.8) is 0 Å². The Morgan fingerprint density at radius 2 is 2.11 bits per heavy atom. The number of hydrogen-bond donors (Lipinski definition) is 4. The standard InChI is InChI=1S/C11H14N4O4/c12-9-5-1-2-15(10(5)14-4-13-9)11-8(18)7(17)6(3-16)19-11/h1-2,4,6-8,11,16-18H,3H2,(H2,12,13,14)/t6-,7?,8?,11-/m1/s1. The molecular formula is C11H14N4O4. The van der Waals surface area contributed by atoms with Gasteiger partial charge in [0.2, 0.25) is 0 Å². The number of fused-ring (bicyclic) bond motifs is 1. The molecule has 0 radical (unpaired) electrons. The molecule has 1 aliphatic rings. The Morgan fingerprint density at radius 3 is 2.79 bits per heavy atom. The summed E-state index contributed by atoms with van der Waals surface area (Å²) in [5.74, 6) is 0.329. The van der Waals surface area contributed by atoms with Crippen LogP contribution in [0.5, 0.6) is 0 Å². The number of nitrogen functional groups attached to an aromatic ring is 1. The highest BCUT2D eigenvalue weighted by Gasteiger charge is 2.43. The Kier molecular flexibility index (Phi) is 2.86. The van der Waals surface area contributed by atoms with Gasteiger partial charge in [0.05, 0.1) is 12.0 Å². The summed E-state index contributed by atoms with van der Waals surface area (Å²) in [4.78, 5) is 7.97. The van der Waals surface area contributed by atoms with Crippen molar-refractivity contribution in [3.05, 3.63) is 18.6 Å². The Morgan fingerprint density at radius 1 is 1.32 bits per heavy atom. The fraction of sp³-hybridized carbons (Fsp3) is 0.455. The lowest BCUT2D eigenvalue weighted by Gasteiger charge is -2.17. The molecule has 19 heavy (non-hydrogen) atoms. The molecule has 4 atom stereocenters. The number of hydrogen-bond acceptors (Lipinski definition) is 7. The predicted molar refractivity (Wildman–Crippen MR) is 64.9 cm³/mol. The summed E-state index contributed by atoms with van der Waals surface area (Å²) in [5.41, 5.74) is 6.23. The van der Waals surface area contributed by atoms with Crippen LogP contribution in [0.25, 0.3) is 11.0 Å². The molecule has 0 spiro atoms. The summed E-state index contributed by atoms with van der Waals surface area (Å²) in [7, 11) is 0. The number of rotatable bonds is 2. The highest BCUT2D eigenvalue weighted by Crippen LogP contribution is 2.32. The van der Waals surface area contributed by atoms with E-state index in [1.165, 1.54) is 6.33 Å². The van der Waals surface area contributed by atoms with Gasteiger partial charge in [-0.1, -0.05) is 0 Å². The van der Waals surface area contributed by atoms with Crippen molar-refractivity contribution in [2.45, 2.75) is 24.5 Å². The van der Waals surface area contributed by atoms with Crippen LogP contribution < -0.4 is 5.73 Å². The predicted octanol–water partition coefficient (Wildman–Crippen LogP) is -1.38. The van der Waals surface area contributed by atoms with Gasteiger partial charge in [-0.05, 0) is 6.07 Å². The van der Waals surface area contributed by atoms with Gasteiger partial charge in [-0.3, -0.25) is 0 Å². The number of nitrogens with two attached hydrogens (primary N) is 1.